The molecule has 7 nitrogen and oxygen atoms in total. The second-order valence-corrected chi connectivity index (χ2v) is 14.0. The van der Waals surface area contributed by atoms with Crippen molar-refractivity contribution in [3.63, 3.8) is 0 Å². The van der Waals surface area contributed by atoms with Crippen molar-refractivity contribution < 1.29 is 32.3 Å². The second kappa shape index (κ2) is 14.4. The number of hydrogen-bond donors (Lipinski definition) is 1. The molecule has 1 aromatic heterocycles. The summed E-state index contributed by atoms with van der Waals surface area (Å²) >= 11 is 0. The summed E-state index contributed by atoms with van der Waals surface area (Å²) in [5, 5.41) is 9.84. The monoisotopic (exact) mass is 681 g/mol. The molecule has 0 spiro atoms. The molecule has 2 heterocycles. The van der Waals surface area contributed by atoms with Crippen molar-refractivity contribution in [1.29, 1.82) is 0 Å². The fourth-order valence-corrected chi connectivity index (χ4v) is 6.74. The normalized spacial score (nSPS) is 16.2. The van der Waals surface area contributed by atoms with Gasteiger partial charge in [-0.3, -0.25) is 14.4 Å². The molecule has 1 saturated heterocycles. The molecule has 1 saturated carbocycles. The summed E-state index contributed by atoms with van der Waals surface area (Å²) in [7, 11) is 0. The smallest absolute Gasteiger partial charge is 0.416 e. The van der Waals surface area contributed by atoms with E-state index in [1.165, 1.54) is 6.07 Å². The number of amides is 1. The maximum Gasteiger partial charge on any atom is 0.416 e. The van der Waals surface area contributed by atoms with Crippen LogP contribution >= 0.6 is 0 Å². The molecule has 11 heteroatoms. The van der Waals surface area contributed by atoms with Crippen LogP contribution in [0.5, 0.6) is 0 Å². The molecule has 262 valence electrons. The molecule has 1 unspecified atom stereocenters. The number of halogens is 4. The molecule has 2 aliphatic rings. The molecule has 2 aromatic carbocycles. The number of aliphatic carboxylic acids is 1. The lowest BCUT2D eigenvalue weighted by Crippen LogP contribution is -2.39. The number of carboxylic acid groups (broad SMARTS) is 1. The van der Waals surface area contributed by atoms with Gasteiger partial charge in [0, 0.05) is 24.4 Å². The predicted molar refractivity (Wildman–Crippen MR) is 181 cm³/mol. The molecular formula is C38H43F4N3O4. The molecule has 1 N–H and O–H groups in total. The number of benzene rings is 2. The van der Waals surface area contributed by atoms with Crippen LogP contribution in [0, 0.1) is 32.5 Å². The van der Waals surface area contributed by atoms with Gasteiger partial charge in [-0.15, -0.1) is 0 Å². The Hall–Kier alpha value is -4.12. The van der Waals surface area contributed by atoms with Crippen LogP contribution in [-0.4, -0.2) is 51.8 Å². The van der Waals surface area contributed by atoms with Gasteiger partial charge in [0.1, 0.15) is 11.9 Å². The van der Waals surface area contributed by atoms with Gasteiger partial charge in [-0.1, -0.05) is 31.5 Å². The number of carbonyl (C=O) groups is 2. The van der Waals surface area contributed by atoms with Crippen molar-refractivity contribution in [3.8, 4) is 11.1 Å². The quantitative estimate of drug-likeness (QED) is 0.156. The first-order chi connectivity index (χ1) is 23.0. The van der Waals surface area contributed by atoms with Crippen molar-refractivity contribution in [1.82, 2.24) is 9.47 Å². The van der Waals surface area contributed by atoms with Crippen LogP contribution in [0.3, 0.4) is 0 Å². The summed E-state index contributed by atoms with van der Waals surface area (Å²) in [4.78, 5) is 45.5. The Morgan fingerprint density at radius 1 is 1.02 bits per heavy atom. The van der Waals surface area contributed by atoms with Gasteiger partial charge < -0.3 is 14.6 Å². The highest BCUT2D eigenvalue weighted by atomic mass is 19.4. The van der Waals surface area contributed by atoms with E-state index in [-0.39, 0.29) is 41.2 Å². The van der Waals surface area contributed by atoms with Gasteiger partial charge in [-0.2, -0.15) is 13.2 Å². The molecule has 5 rings (SSSR count). The summed E-state index contributed by atoms with van der Waals surface area (Å²) in [5.74, 6) is -2.84. The SMILES string of the molecule is Cc1cc(C)c(-c2cc(C)c(F)c(C(CC(=O)O)=NC(=O)C(CC(C)C)n3cc(CCN4CCC4)c(C(F)(F)F)cc3=O)c2)c(C2CC2)c1. The van der Waals surface area contributed by atoms with Crippen LogP contribution in [0.25, 0.3) is 11.1 Å². The van der Waals surface area contributed by atoms with Crippen molar-refractivity contribution in [2.24, 2.45) is 10.9 Å². The molecule has 3 aromatic rings. The minimum absolute atomic E-state index is 0.0177. The van der Waals surface area contributed by atoms with Gasteiger partial charge in [0.05, 0.1) is 17.7 Å². The van der Waals surface area contributed by atoms with E-state index >= 15 is 4.39 Å². The summed E-state index contributed by atoms with van der Waals surface area (Å²) in [6, 6.07) is 6.55. The number of aliphatic imine (C=N–C) groups is 1. The zero-order valence-corrected chi connectivity index (χ0v) is 28.6. The van der Waals surface area contributed by atoms with Crippen LogP contribution in [-0.2, 0) is 22.2 Å². The van der Waals surface area contributed by atoms with E-state index < -0.39 is 47.5 Å². The number of hydrogen-bond acceptors (Lipinski definition) is 4. The van der Waals surface area contributed by atoms with Gasteiger partial charge in [-0.25, -0.2) is 9.38 Å². The van der Waals surface area contributed by atoms with E-state index in [4.69, 9.17) is 0 Å². The average Bonchev–Trinajstić information content (AvgIpc) is 3.81. The second-order valence-electron chi connectivity index (χ2n) is 14.0. The van der Waals surface area contributed by atoms with E-state index in [0.29, 0.717) is 24.1 Å². The molecule has 1 atom stereocenters. The number of alkyl halides is 3. The van der Waals surface area contributed by atoms with E-state index in [0.717, 1.165) is 65.4 Å². The first-order valence-electron chi connectivity index (χ1n) is 16.8. The minimum Gasteiger partial charge on any atom is -0.481 e. The lowest BCUT2D eigenvalue weighted by atomic mass is 9.88. The van der Waals surface area contributed by atoms with E-state index in [1.807, 2.05) is 24.8 Å². The molecule has 0 bridgehead atoms. The van der Waals surface area contributed by atoms with Crippen LogP contribution in [0.15, 0.2) is 46.3 Å². The summed E-state index contributed by atoms with van der Waals surface area (Å²) in [5.41, 5.74) is 2.37. The van der Waals surface area contributed by atoms with Gasteiger partial charge in [0.2, 0.25) is 0 Å². The third kappa shape index (κ3) is 8.37. The first-order valence-corrected chi connectivity index (χ1v) is 16.8. The van der Waals surface area contributed by atoms with E-state index in [1.54, 1.807) is 26.8 Å². The Kier molecular flexibility index (Phi) is 10.6. The molecule has 2 fully saturated rings. The number of carboxylic acids is 1. The van der Waals surface area contributed by atoms with Crippen LogP contribution in [0.1, 0.15) is 96.9 Å². The third-order valence-electron chi connectivity index (χ3n) is 9.38. The van der Waals surface area contributed by atoms with Crippen LogP contribution < -0.4 is 5.56 Å². The molecule has 1 aliphatic heterocycles. The summed E-state index contributed by atoms with van der Waals surface area (Å²) < 4.78 is 59.0. The van der Waals surface area contributed by atoms with Crippen LogP contribution in [0.2, 0.25) is 0 Å². The number of rotatable bonds is 12. The third-order valence-corrected chi connectivity index (χ3v) is 9.38. The highest BCUT2D eigenvalue weighted by molar-refractivity contribution is 6.14. The number of pyridine rings is 1. The first kappa shape index (κ1) is 36.2. The Morgan fingerprint density at radius 3 is 2.29 bits per heavy atom. The molecule has 1 aliphatic carbocycles. The number of carbonyl (C=O) groups excluding carboxylic acids is 1. The Balaban J connectivity index is 1.62. The Morgan fingerprint density at radius 2 is 1.71 bits per heavy atom. The van der Waals surface area contributed by atoms with Crippen molar-refractivity contribution in [2.45, 2.75) is 91.3 Å². The summed E-state index contributed by atoms with van der Waals surface area (Å²) in [6.45, 7) is 11.0. The largest absolute Gasteiger partial charge is 0.481 e. The average molecular weight is 682 g/mol. The predicted octanol–water partition coefficient (Wildman–Crippen LogP) is 7.80. The van der Waals surface area contributed by atoms with Gasteiger partial charge in [-0.05, 0) is 123 Å². The molecular weight excluding hydrogens is 638 g/mol. The zero-order valence-electron chi connectivity index (χ0n) is 28.6. The van der Waals surface area contributed by atoms with Crippen molar-refractivity contribution in [3.05, 3.63) is 91.6 Å². The lowest BCUT2D eigenvalue weighted by molar-refractivity contribution is -0.138. The van der Waals surface area contributed by atoms with Crippen LogP contribution in [0.4, 0.5) is 17.6 Å². The fraction of sp³-hybridized carbons (Fsp3) is 0.474. The maximum atomic E-state index is 15.9. The van der Waals surface area contributed by atoms with E-state index in [2.05, 4.69) is 11.1 Å². The number of aryl methyl sites for hydroxylation is 3. The minimum atomic E-state index is -4.78. The Bertz CT molecular complexity index is 1850. The maximum absolute atomic E-state index is 15.9. The topological polar surface area (TPSA) is 92.0 Å². The number of aromatic nitrogens is 1. The van der Waals surface area contributed by atoms with Gasteiger partial charge in [0.25, 0.3) is 11.5 Å². The van der Waals surface area contributed by atoms with Crippen molar-refractivity contribution >= 4 is 17.6 Å². The van der Waals surface area contributed by atoms with Gasteiger partial charge in [0.15, 0.2) is 0 Å². The highest BCUT2D eigenvalue weighted by Gasteiger charge is 2.36. The highest BCUT2D eigenvalue weighted by Crippen LogP contribution is 2.46. The standard InChI is InChI=1S/C38H43F4N3O4/c1-21(2)13-32(45-20-26(9-12-44-10-6-11-44)30(18-33(45)46)38(40,41)42)37(49)43-31(19-34(47)48)29-17-27(16-24(5)36(29)39)35-23(4)14-22(3)15-28(35)25-7-8-25/h14-18,20-21,25,32H,6-13,19H2,1-5H3,(H,47,48). The molecule has 0 radical (unpaired) electrons. The Labute approximate surface area is 283 Å². The van der Waals surface area contributed by atoms with Crippen molar-refractivity contribution in [2.75, 3.05) is 19.6 Å². The summed E-state index contributed by atoms with van der Waals surface area (Å²) in [6.07, 6.45) is -1.39. The lowest BCUT2D eigenvalue weighted by Gasteiger charge is -2.31. The van der Waals surface area contributed by atoms with E-state index in [9.17, 15) is 32.7 Å². The zero-order chi connectivity index (χ0) is 35.8. The fourth-order valence-electron chi connectivity index (χ4n) is 6.74. The van der Waals surface area contributed by atoms with Gasteiger partial charge >= 0.3 is 12.1 Å². The molecule has 1 amide bonds. The molecule has 49 heavy (non-hydrogen) atoms. The number of nitrogens with zero attached hydrogens (tertiary/aromatic N) is 3. The number of likely N-dealkylation sites (tertiary alicyclic amines) is 1.